The highest BCUT2D eigenvalue weighted by Crippen LogP contribution is 2.29. The van der Waals surface area contributed by atoms with Crippen LogP contribution >= 0.6 is 0 Å². The average molecular weight is 184 g/mol. The maximum atomic E-state index is 6.04. The smallest absolute Gasteiger partial charge is 0.0699 e. The SMILES string of the molecule is Nn1c2c(c3ccccc31)C=CCC2. The molecule has 1 heterocycles. The van der Waals surface area contributed by atoms with E-state index >= 15 is 0 Å². The standard InChI is InChI=1S/C12H12N2/c13-14-11-7-3-1-5-9(11)10-6-2-4-8-12(10)14/h1-3,5-7H,4,8,13H2. The Balaban J connectivity index is 2.48. The summed E-state index contributed by atoms with van der Waals surface area (Å²) in [6.07, 6.45) is 6.55. The van der Waals surface area contributed by atoms with Crippen molar-refractivity contribution in [3.8, 4) is 0 Å². The van der Waals surface area contributed by atoms with Crippen LogP contribution in [0.15, 0.2) is 30.3 Å². The van der Waals surface area contributed by atoms with Crippen LogP contribution in [0.2, 0.25) is 0 Å². The lowest BCUT2D eigenvalue weighted by Crippen LogP contribution is -2.12. The summed E-state index contributed by atoms with van der Waals surface area (Å²) in [7, 11) is 0. The predicted octanol–water partition coefficient (Wildman–Crippen LogP) is 2.31. The highest BCUT2D eigenvalue weighted by Gasteiger charge is 2.14. The van der Waals surface area contributed by atoms with Crippen LogP contribution in [0, 0.1) is 0 Å². The normalized spacial score (nSPS) is 14.6. The fourth-order valence-corrected chi connectivity index (χ4v) is 2.20. The summed E-state index contributed by atoms with van der Waals surface area (Å²) in [4.78, 5) is 0. The second-order valence-electron chi connectivity index (χ2n) is 3.69. The Labute approximate surface area is 82.6 Å². The summed E-state index contributed by atoms with van der Waals surface area (Å²) < 4.78 is 1.83. The zero-order valence-corrected chi connectivity index (χ0v) is 7.90. The quantitative estimate of drug-likeness (QED) is 0.626. The molecule has 1 aliphatic rings. The molecule has 0 radical (unpaired) electrons. The lowest BCUT2D eigenvalue weighted by molar-refractivity contribution is 0.865. The molecule has 0 atom stereocenters. The van der Waals surface area contributed by atoms with E-state index in [-0.39, 0.29) is 0 Å². The van der Waals surface area contributed by atoms with Crippen molar-refractivity contribution in [3.63, 3.8) is 0 Å². The van der Waals surface area contributed by atoms with E-state index in [4.69, 9.17) is 5.84 Å². The maximum absolute atomic E-state index is 6.04. The van der Waals surface area contributed by atoms with Gasteiger partial charge in [-0.1, -0.05) is 30.4 Å². The number of rotatable bonds is 0. The van der Waals surface area contributed by atoms with Crippen molar-refractivity contribution >= 4 is 17.0 Å². The molecule has 2 heteroatoms. The van der Waals surface area contributed by atoms with Crippen LogP contribution in [0.5, 0.6) is 0 Å². The number of hydrogen-bond acceptors (Lipinski definition) is 1. The highest BCUT2D eigenvalue weighted by atomic mass is 15.3. The zero-order valence-electron chi connectivity index (χ0n) is 7.90. The van der Waals surface area contributed by atoms with Gasteiger partial charge in [-0.05, 0) is 18.9 Å². The van der Waals surface area contributed by atoms with Gasteiger partial charge in [-0.3, -0.25) is 4.68 Å². The van der Waals surface area contributed by atoms with Crippen LogP contribution in [0.3, 0.4) is 0 Å². The van der Waals surface area contributed by atoms with E-state index in [1.54, 1.807) is 0 Å². The molecule has 70 valence electrons. The van der Waals surface area contributed by atoms with E-state index in [2.05, 4.69) is 30.4 Å². The predicted molar refractivity (Wildman–Crippen MR) is 59.4 cm³/mol. The van der Waals surface area contributed by atoms with Crippen LogP contribution in [0.1, 0.15) is 17.7 Å². The number of benzene rings is 1. The van der Waals surface area contributed by atoms with Gasteiger partial charge in [0.25, 0.3) is 0 Å². The molecule has 0 unspecified atom stereocenters. The van der Waals surface area contributed by atoms with Crippen molar-refractivity contribution in [2.45, 2.75) is 12.8 Å². The van der Waals surface area contributed by atoms with Crippen molar-refractivity contribution in [1.29, 1.82) is 0 Å². The first-order valence-electron chi connectivity index (χ1n) is 4.92. The van der Waals surface area contributed by atoms with Gasteiger partial charge in [-0.25, -0.2) is 0 Å². The minimum Gasteiger partial charge on any atom is -0.339 e. The molecule has 14 heavy (non-hydrogen) atoms. The first-order valence-corrected chi connectivity index (χ1v) is 4.92. The van der Waals surface area contributed by atoms with Crippen LogP contribution < -0.4 is 5.84 Å². The van der Waals surface area contributed by atoms with E-state index < -0.39 is 0 Å². The first kappa shape index (κ1) is 7.68. The lowest BCUT2D eigenvalue weighted by Gasteiger charge is -2.07. The van der Waals surface area contributed by atoms with Crippen molar-refractivity contribution in [3.05, 3.63) is 41.6 Å². The monoisotopic (exact) mass is 184 g/mol. The number of hydrogen-bond donors (Lipinski definition) is 1. The molecule has 1 aromatic heterocycles. The molecule has 0 fully saturated rings. The molecule has 1 aromatic carbocycles. The molecular weight excluding hydrogens is 172 g/mol. The Kier molecular flexibility index (Phi) is 1.45. The molecule has 0 spiro atoms. The summed E-state index contributed by atoms with van der Waals surface area (Å²) in [6.45, 7) is 0. The largest absolute Gasteiger partial charge is 0.339 e. The fourth-order valence-electron chi connectivity index (χ4n) is 2.20. The van der Waals surface area contributed by atoms with Crippen molar-refractivity contribution in [1.82, 2.24) is 4.68 Å². The Bertz CT molecular complexity index is 520. The summed E-state index contributed by atoms with van der Waals surface area (Å²) >= 11 is 0. The number of para-hydroxylation sites is 1. The molecule has 0 amide bonds. The van der Waals surface area contributed by atoms with Crippen molar-refractivity contribution < 1.29 is 0 Å². The zero-order chi connectivity index (χ0) is 9.54. The Morgan fingerprint density at radius 2 is 2.07 bits per heavy atom. The van der Waals surface area contributed by atoms with E-state index in [0.717, 1.165) is 18.4 Å². The summed E-state index contributed by atoms with van der Waals surface area (Å²) in [5, 5.41) is 1.26. The molecular formula is C12H12N2. The lowest BCUT2D eigenvalue weighted by atomic mass is 10.0. The highest BCUT2D eigenvalue weighted by molar-refractivity contribution is 5.91. The number of nitrogens with two attached hydrogens (primary N) is 1. The number of aromatic nitrogens is 1. The van der Waals surface area contributed by atoms with Gasteiger partial charge >= 0.3 is 0 Å². The number of allylic oxidation sites excluding steroid dienone is 1. The molecule has 2 aromatic rings. The second kappa shape index (κ2) is 2.64. The summed E-state index contributed by atoms with van der Waals surface area (Å²) in [6, 6.07) is 8.29. The van der Waals surface area contributed by atoms with Crippen LogP contribution in [-0.4, -0.2) is 4.68 Å². The van der Waals surface area contributed by atoms with Crippen LogP contribution in [-0.2, 0) is 6.42 Å². The van der Waals surface area contributed by atoms with Gasteiger partial charge in [0.2, 0.25) is 0 Å². The number of fused-ring (bicyclic) bond motifs is 3. The third-order valence-electron chi connectivity index (χ3n) is 2.89. The average Bonchev–Trinajstić information content (AvgIpc) is 2.55. The van der Waals surface area contributed by atoms with Crippen LogP contribution in [0.4, 0.5) is 0 Å². The van der Waals surface area contributed by atoms with Gasteiger partial charge in [-0.15, -0.1) is 0 Å². The third kappa shape index (κ3) is 0.854. The minimum absolute atomic E-state index is 1.05. The van der Waals surface area contributed by atoms with E-state index in [1.165, 1.54) is 16.6 Å². The molecule has 0 bridgehead atoms. The maximum Gasteiger partial charge on any atom is 0.0699 e. The minimum atomic E-state index is 1.05. The Hall–Kier alpha value is -1.70. The van der Waals surface area contributed by atoms with E-state index in [1.807, 2.05) is 10.7 Å². The number of nitrogen functional groups attached to an aromatic ring is 1. The van der Waals surface area contributed by atoms with Gasteiger partial charge in [0.1, 0.15) is 0 Å². The van der Waals surface area contributed by atoms with Gasteiger partial charge in [-0.2, -0.15) is 0 Å². The van der Waals surface area contributed by atoms with Crippen molar-refractivity contribution in [2.24, 2.45) is 0 Å². The van der Waals surface area contributed by atoms with Gasteiger partial charge in [0.15, 0.2) is 0 Å². The third-order valence-corrected chi connectivity index (χ3v) is 2.89. The van der Waals surface area contributed by atoms with Crippen LogP contribution in [0.25, 0.3) is 17.0 Å². The summed E-state index contributed by atoms with van der Waals surface area (Å²) in [5.41, 5.74) is 3.69. The van der Waals surface area contributed by atoms with E-state index in [9.17, 15) is 0 Å². The molecule has 1 aliphatic carbocycles. The van der Waals surface area contributed by atoms with E-state index in [0.29, 0.717) is 0 Å². The Morgan fingerprint density at radius 1 is 1.21 bits per heavy atom. The second-order valence-corrected chi connectivity index (χ2v) is 3.69. The molecule has 0 aliphatic heterocycles. The molecule has 3 rings (SSSR count). The van der Waals surface area contributed by atoms with Crippen molar-refractivity contribution in [2.75, 3.05) is 5.84 Å². The van der Waals surface area contributed by atoms with Gasteiger partial charge < -0.3 is 5.84 Å². The fraction of sp³-hybridized carbons (Fsp3) is 0.167. The Morgan fingerprint density at radius 3 is 3.00 bits per heavy atom. The molecule has 0 saturated carbocycles. The van der Waals surface area contributed by atoms with Gasteiger partial charge in [0, 0.05) is 16.6 Å². The molecule has 0 saturated heterocycles. The number of nitrogens with zero attached hydrogens (tertiary/aromatic N) is 1. The van der Waals surface area contributed by atoms with Gasteiger partial charge in [0.05, 0.1) is 5.52 Å². The summed E-state index contributed by atoms with van der Waals surface area (Å²) in [5.74, 6) is 6.04. The molecule has 2 nitrogen and oxygen atoms in total. The first-order chi connectivity index (χ1) is 6.88. The molecule has 2 N–H and O–H groups in total. The topological polar surface area (TPSA) is 30.9 Å².